The molecule has 3 atom stereocenters. The summed E-state index contributed by atoms with van der Waals surface area (Å²) in [6, 6.07) is -0.765. The van der Waals surface area contributed by atoms with Crippen molar-refractivity contribution < 1.29 is 19.5 Å². The Labute approximate surface area is 117 Å². The standard InChI is InChI=1S/C13H21N3O4/c1-14-11(17)10-3-2-6-16(10)13(20)15-9-5-4-8(7-9)12(18)19/h8-10H,2-7H2,1H3,(H,14,17)(H,15,20)(H,18,19)/t8-,9+,10?/m1/s1. The fourth-order valence-corrected chi connectivity index (χ4v) is 3.04. The molecule has 2 fully saturated rings. The fourth-order valence-electron chi connectivity index (χ4n) is 3.04. The number of likely N-dealkylation sites (tertiary alicyclic amines) is 1. The summed E-state index contributed by atoms with van der Waals surface area (Å²) in [4.78, 5) is 36.3. The molecular weight excluding hydrogens is 262 g/mol. The second-order valence-electron chi connectivity index (χ2n) is 5.46. The summed E-state index contributed by atoms with van der Waals surface area (Å²) in [7, 11) is 1.56. The first-order valence-electron chi connectivity index (χ1n) is 7.04. The number of nitrogens with one attached hydrogen (secondary N) is 2. The highest BCUT2D eigenvalue weighted by Crippen LogP contribution is 2.26. The minimum absolute atomic E-state index is 0.102. The smallest absolute Gasteiger partial charge is 0.318 e. The molecule has 0 bridgehead atoms. The van der Waals surface area contributed by atoms with Crippen LogP contribution in [0.3, 0.4) is 0 Å². The van der Waals surface area contributed by atoms with E-state index in [1.807, 2.05) is 0 Å². The lowest BCUT2D eigenvalue weighted by molar-refractivity contribution is -0.141. The predicted octanol–water partition coefficient (Wildman–Crippen LogP) is 0.160. The highest BCUT2D eigenvalue weighted by atomic mass is 16.4. The SMILES string of the molecule is CNC(=O)C1CCCN1C(=O)N[C@H]1CC[C@@H](C(=O)O)C1. The first-order chi connectivity index (χ1) is 9.52. The minimum atomic E-state index is -0.800. The third-order valence-electron chi connectivity index (χ3n) is 4.17. The van der Waals surface area contributed by atoms with Crippen molar-refractivity contribution in [1.29, 1.82) is 0 Å². The van der Waals surface area contributed by atoms with Gasteiger partial charge in [0.05, 0.1) is 5.92 Å². The van der Waals surface area contributed by atoms with E-state index in [9.17, 15) is 14.4 Å². The van der Waals surface area contributed by atoms with Gasteiger partial charge >= 0.3 is 12.0 Å². The van der Waals surface area contributed by atoms with E-state index < -0.39 is 12.0 Å². The number of carboxylic acids is 1. The van der Waals surface area contributed by atoms with Crippen molar-refractivity contribution in [2.75, 3.05) is 13.6 Å². The number of aliphatic carboxylic acids is 1. The van der Waals surface area contributed by atoms with E-state index in [-0.39, 0.29) is 23.9 Å². The van der Waals surface area contributed by atoms with Gasteiger partial charge < -0.3 is 20.6 Å². The number of urea groups is 1. The van der Waals surface area contributed by atoms with E-state index >= 15 is 0 Å². The molecule has 0 aromatic rings. The third-order valence-corrected chi connectivity index (χ3v) is 4.17. The van der Waals surface area contributed by atoms with E-state index in [2.05, 4.69) is 10.6 Å². The van der Waals surface area contributed by atoms with Crippen LogP contribution in [0.25, 0.3) is 0 Å². The summed E-state index contributed by atoms with van der Waals surface area (Å²) in [5.41, 5.74) is 0. The average Bonchev–Trinajstić information content (AvgIpc) is 3.06. The lowest BCUT2D eigenvalue weighted by Crippen LogP contribution is -2.50. The van der Waals surface area contributed by atoms with Gasteiger partial charge in [-0.3, -0.25) is 9.59 Å². The van der Waals surface area contributed by atoms with Crippen LogP contribution < -0.4 is 10.6 Å². The molecule has 1 unspecified atom stereocenters. The Morgan fingerprint density at radius 3 is 2.55 bits per heavy atom. The summed E-state index contributed by atoms with van der Waals surface area (Å²) in [6.45, 7) is 0.568. The molecule has 7 heteroatoms. The molecule has 0 aromatic heterocycles. The number of amides is 3. The van der Waals surface area contributed by atoms with Crippen LogP contribution in [0.4, 0.5) is 4.79 Å². The zero-order valence-corrected chi connectivity index (χ0v) is 11.6. The second-order valence-corrected chi connectivity index (χ2v) is 5.46. The van der Waals surface area contributed by atoms with Gasteiger partial charge in [-0.1, -0.05) is 0 Å². The Balaban J connectivity index is 1.89. The van der Waals surface area contributed by atoms with Crippen molar-refractivity contribution in [3.63, 3.8) is 0 Å². The Morgan fingerprint density at radius 1 is 1.20 bits per heavy atom. The van der Waals surface area contributed by atoms with Crippen LogP contribution >= 0.6 is 0 Å². The van der Waals surface area contributed by atoms with Gasteiger partial charge in [0.25, 0.3) is 0 Å². The van der Waals surface area contributed by atoms with Crippen LogP contribution in [0.2, 0.25) is 0 Å². The molecule has 1 saturated carbocycles. The number of nitrogens with zero attached hydrogens (tertiary/aromatic N) is 1. The maximum Gasteiger partial charge on any atom is 0.318 e. The molecule has 3 amide bonds. The predicted molar refractivity (Wildman–Crippen MR) is 71.1 cm³/mol. The molecule has 112 valence electrons. The van der Waals surface area contributed by atoms with E-state index in [0.717, 1.165) is 6.42 Å². The highest BCUT2D eigenvalue weighted by Gasteiger charge is 2.36. The maximum atomic E-state index is 12.2. The molecule has 3 N–H and O–H groups in total. The van der Waals surface area contributed by atoms with Crippen molar-refractivity contribution in [3.05, 3.63) is 0 Å². The first-order valence-corrected chi connectivity index (χ1v) is 7.04. The molecule has 1 aliphatic heterocycles. The monoisotopic (exact) mass is 283 g/mol. The molecule has 1 aliphatic carbocycles. The van der Waals surface area contributed by atoms with Gasteiger partial charge in [-0.2, -0.15) is 0 Å². The van der Waals surface area contributed by atoms with Gasteiger partial charge in [0.1, 0.15) is 6.04 Å². The van der Waals surface area contributed by atoms with Gasteiger partial charge in [0.2, 0.25) is 5.91 Å². The number of carbonyl (C=O) groups is 3. The van der Waals surface area contributed by atoms with Gasteiger partial charge in [-0.25, -0.2) is 4.79 Å². The normalized spacial score (nSPS) is 29.2. The van der Waals surface area contributed by atoms with Gasteiger partial charge in [0, 0.05) is 19.6 Å². The topological polar surface area (TPSA) is 98.7 Å². The molecule has 2 rings (SSSR count). The van der Waals surface area contributed by atoms with Crippen molar-refractivity contribution in [2.24, 2.45) is 5.92 Å². The Bertz CT molecular complexity index is 412. The molecule has 1 saturated heterocycles. The number of carbonyl (C=O) groups excluding carboxylic acids is 2. The van der Waals surface area contributed by atoms with Crippen LogP contribution in [0.1, 0.15) is 32.1 Å². The van der Waals surface area contributed by atoms with Crippen molar-refractivity contribution >= 4 is 17.9 Å². The van der Waals surface area contributed by atoms with Crippen LogP contribution in [0, 0.1) is 5.92 Å². The van der Waals surface area contributed by atoms with Crippen molar-refractivity contribution in [2.45, 2.75) is 44.2 Å². The molecule has 1 heterocycles. The van der Waals surface area contributed by atoms with E-state index in [0.29, 0.717) is 32.2 Å². The lowest BCUT2D eigenvalue weighted by Gasteiger charge is -2.25. The fraction of sp³-hybridized carbons (Fsp3) is 0.769. The van der Waals surface area contributed by atoms with Crippen molar-refractivity contribution in [1.82, 2.24) is 15.5 Å². The highest BCUT2D eigenvalue weighted by molar-refractivity contribution is 5.87. The van der Waals surface area contributed by atoms with Crippen LogP contribution in [0.5, 0.6) is 0 Å². The number of hydrogen-bond acceptors (Lipinski definition) is 3. The molecule has 0 aromatic carbocycles. The zero-order valence-electron chi connectivity index (χ0n) is 11.6. The van der Waals surface area contributed by atoms with E-state index in [1.165, 1.54) is 0 Å². The summed E-state index contributed by atoms with van der Waals surface area (Å²) < 4.78 is 0. The summed E-state index contributed by atoms with van der Waals surface area (Å²) >= 11 is 0. The van der Waals surface area contributed by atoms with Gasteiger partial charge in [-0.05, 0) is 32.1 Å². The molecule has 0 spiro atoms. The number of carboxylic acid groups (broad SMARTS) is 1. The molecule has 20 heavy (non-hydrogen) atoms. The third kappa shape index (κ3) is 3.02. The Hall–Kier alpha value is -1.79. The average molecular weight is 283 g/mol. The minimum Gasteiger partial charge on any atom is -0.481 e. The molecule has 2 aliphatic rings. The number of likely N-dealkylation sites (N-methyl/N-ethyl adjacent to an activating group) is 1. The quantitative estimate of drug-likeness (QED) is 0.687. The van der Waals surface area contributed by atoms with Crippen molar-refractivity contribution in [3.8, 4) is 0 Å². The zero-order chi connectivity index (χ0) is 14.7. The summed E-state index contributed by atoms with van der Waals surface area (Å²) in [5.74, 6) is -1.31. The van der Waals surface area contributed by atoms with E-state index in [4.69, 9.17) is 5.11 Å². The van der Waals surface area contributed by atoms with E-state index in [1.54, 1.807) is 11.9 Å². The second kappa shape index (κ2) is 6.11. The molecular formula is C13H21N3O4. The Kier molecular flexibility index (Phi) is 4.46. The maximum absolute atomic E-state index is 12.2. The van der Waals surface area contributed by atoms with Crippen LogP contribution in [-0.2, 0) is 9.59 Å². The number of hydrogen-bond donors (Lipinski definition) is 3. The van der Waals surface area contributed by atoms with Crippen LogP contribution in [0.15, 0.2) is 0 Å². The molecule has 7 nitrogen and oxygen atoms in total. The Morgan fingerprint density at radius 2 is 1.95 bits per heavy atom. The first kappa shape index (κ1) is 14.6. The van der Waals surface area contributed by atoms with Crippen LogP contribution in [-0.4, -0.2) is 53.6 Å². The van der Waals surface area contributed by atoms with Gasteiger partial charge in [0.15, 0.2) is 0 Å². The lowest BCUT2D eigenvalue weighted by atomic mass is 10.1. The largest absolute Gasteiger partial charge is 0.481 e. The molecule has 0 radical (unpaired) electrons. The number of rotatable bonds is 3. The van der Waals surface area contributed by atoms with Gasteiger partial charge in [-0.15, -0.1) is 0 Å². The summed E-state index contributed by atoms with van der Waals surface area (Å²) in [6.07, 6.45) is 3.24. The summed E-state index contributed by atoms with van der Waals surface area (Å²) in [5, 5.41) is 14.4.